The summed E-state index contributed by atoms with van der Waals surface area (Å²) < 4.78 is 43.5. The number of nitrogens with one attached hydrogen (secondary N) is 1. The average molecular weight is 369 g/mol. The maximum atomic E-state index is 12.7. The molecule has 0 saturated carbocycles. The second-order valence-corrected chi connectivity index (χ2v) is 6.07. The molecule has 0 radical (unpaired) electrons. The zero-order chi connectivity index (χ0) is 18.7. The molecule has 1 fully saturated rings. The van der Waals surface area contributed by atoms with Gasteiger partial charge in [0.1, 0.15) is 12.4 Å². The summed E-state index contributed by atoms with van der Waals surface area (Å²) in [6.07, 6.45) is -2.86. The molecule has 1 atom stereocenters. The molecule has 26 heavy (non-hydrogen) atoms. The van der Waals surface area contributed by atoms with Gasteiger partial charge in [0.2, 0.25) is 0 Å². The van der Waals surface area contributed by atoms with Crippen molar-refractivity contribution < 1.29 is 27.8 Å². The van der Waals surface area contributed by atoms with Crippen LogP contribution in [0.1, 0.15) is 34.6 Å². The number of carbonyl (C=O) groups excluding carboxylic acids is 1. The highest BCUT2D eigenvalue weighted by Crippen LogP contribution is 2.31. The molecule has 1 aliphatic heterocycles. The number of alkyl halides is 3. The van der Waals surface area contributed by atoms with Gasteiger partial charge in [-0.1, -0.05) is 6.07 Å². The molecule has 1 saturated heterocycles. The predicted molar refractivity (Wildman–Crippen MR) is 85.5 cm³/mol. The minimum absolute atomic E-state index is 0.0506. The average Bonchev–Trinajstić information content (AvgIpc) is 3.28. The molecule has 0 unspecified atom stereocenters. The Kier molecular flexibility index (Phi) is 5.17. The molecular weight excluding hydrogens is 351 g/mol. The number of aliphatic hydroxyl groups excluding tert-OH is 1. The Morgan fingerprint density at radius 1 is 1.38 bits per heavy atom. The largest absolute Gasteiger partial charge is 0.487 e. The number of likely N-dealkylation sites (tertiary alicyclic amines) is 1. The SMILES string of the molecule is O=C(c1cc(COc2cccc(C(F)(F)F)c2)[nH]n1)N1CCC[C@H]1CO. The van der Waals surface area contributed by atoms with Gasteiger partial charge in [0.25, 0.3) is 5.91 Å². The summed E-state index contributed by atoms with van der Waals surface area (Å²) in [4.78, 5) is 14.0. The van der Waals surface area contributed by atoms with Gasteiger partial charge >= 0.3 is 6.18 Å². The molecule has 3 rings (SSSR count). The number of hydrogen-bond donors (Lipinski definition) is 2. The van der Waals surface area contributed by atoms with Gasteiger partial charge < -0.3 is 14.7 Å². The fourth-order valence-corrected chi connectivity index (χ4v) is 2.91. The van der Waals surface area contributed by atoms with Crippen LogP contribution in [0, 0.1) is 0 Å². The van der Waals surface area contributed by atoms with E-state index in [1.54, 1.807) is 4.90 Å². The number of carbonyl (C=O) groups is 1. The maximum absolute atomic E-state index is 12.7. The lowest BCUT2D eigenvalue weighted by atomic mass is 10.2. The van der Waals surface area contributed by atoms with E-state index in [1.165, 1.54) is 18.2 Å². The number of amides is 1. The van der Waals surface area contributed by atoms with Gasteiger partial charge in [-0.25, -0.2) is 0 Å². The second kappa shape index (κ2) is 7.36. The van der Waals surface area contributed by atoms with Crippen LogP contribution in [0.15, 0.2) is 30.3 Å². The predicted octanol–water partition coefficient (Wildman–Crippen LogP) is 2.60. The molecule has 9 heteroatoms. The van der Waals surface area contributed by atoms with Gasteiger partial charge in [0, 0.05) is 6.54 Å². The zero-order valence-corrected chi connectivity index (χ0v) is 13.8. The van der Waals surface area contributed by atoms with E-state index in [0.29, 0.717) is 12.2 Å². The van der Waals surface area contributed by atoms with Crippen molar-refractivity contribution in [2.24, 2.45) is 0 Å². The first-order valence-electron chi connectivity index (χ1n) is 8.14. The van der Waals surface area contributed by atoms with E-state index in [0.717, 1.165) is 25.0 Å². The minimum atomic E-state index is -4.44. The van der Waals surface area contributed by atoms with Crippen LogP contribution in [-0.4, -0.2) is 45.3 Å². The highest BCUT2D eigenvalue weighted by Gasteiger charge is 2.31. The lowest BCUT2D eigenvalue weighted by Crippen LogP contribution is -2.37. The fraction of sp³-hybridized carbons (Fsp3) is 0.412. The summed E-state index contributed by atoms with van der Waals surface area (Å²) in [6, 6.07) is 5.87. The van der Waals surface area contributed by atoms with Crippen LogP contribution in [0.25, 0.3) is 0 Å². The van der Waals surface area contributed by atoms with Crippen molar-refractivity contribution in [2.45, 2.75) is 31.7 Å². The molecule has 140 valence electrons. The third-order valence-electron chi connectivity index (χ3n) is 4.25. The van der Waals surface area contributed by atoms with E-state index in [9.17, 15) is 23.1 Å². The fourth-order valence-electron chi connectivity index (χ4n) is 2.91. The first kappa shape index (κ1) is 18.2. The molecule has 1 amide bonds. The smallest absolute Gasteiger partial charge is 0.416 e. The maximum Gasteiger partial charge on any atom is 0.416 e. The summed E-state index contributed by atoms with van der Waals surface area (Å²) in [5, 5.41) is 15.9. The highest BCUT2D eigenvalue weighted by atomic mass is 19.4. The van der Waals surface area contributed by atoms with Crippen LogP contribution in [0.4, 0.5) is 13.2 Å². The summed E-state index contributed by atoms with van der Waals surface area (Å²) in [5.74, 6) is -0.217. The van der Waals surface area contributed by atoms with Gasteiger partial charge in [-0.3, -0.25) is 9.89 Å². The van der Waals surface area contributed by atoms with E-state index < -0.39 is 11.7 Å². The number of halogens is 3. The Morgan fingerprint density at radius 3 is 2.92 bits per heavy atom. The quantitative estimate of drug-likeness (QED) is 0.849. The number of nitrogens with zero attached hydrogens (tertiary/aromatic N) is 2. The Hall–Kier alpha value is -2.55. The molecule has 2 N–H and O–H groups in total. The molecule has 6 nitrogen and oxygen atoms in total. The third-order valence-corrected chi connectivity index (χ3v) is 4.25. The minimum Gasteiger partial charge on any atom is -0.487 e. The number of ether oxygens (including phenoxy) is 1. The van der Waals surface area contributed by atoms with E-state index in [1.807, 2.05) is 0 Å². The first-order valence-corrected chi connectivity index (χ1v) is 8.14. The van der Waals surface area contributed by atoms with Crippen LogP contribution >= 0.6 is 0 Å². The van der Waals surface area contributed by atoms with Gasteiger partial charge in [0.05, 0.1) is 23.9 Å². The van der Waals surface area contributed by atoms with E-state index in [-0.39, 0.29) is 36.6 Å². The summed E-state index contributed by atoms with van der Waals surface area (Å²) in [5.41, 5.74) is -0.141. The van der Waals surface area contributed by atoms with Gasteiger partial charge in [-0.2, -0.15) is 18.3 Å². The number of benzene rings is 1. The van der Waals surface area contributed by atoms with Crippen LogP contribution in [0.5, 0.6) is 5.75 Å². The van der Waals surface area contributed by atoms with Crippen LogP contribution < -0.4 is 4.74 Å². The topological polar surface area (TPSA) is 78.5 Å². The Morgan fingerprint density at radius 2 is 2.19 bits per heavy atom. The molecule has 2 heterocycles. The third kappa shape index (κ3) is 3.98. The number of aromatic amines is 1. The highest BCUT2D eigenvalue weighted by molar-refractivity contribution is 5.92. The van der Waals surface area contributed by atoms with Crippen molar-refractivity contribution in [2.75, 3.05) is 13.2 Å². The van der Waals surface area contributed by atoms with Crippen molar-refractivity contribution in [1.82, 2.24) is 15.1 Å². The number of aliphatic hydroxyl groups is 1. The van der Waals surface area contributed by atoms with E-state index in [4.69, 9.17) is 4.74 Å². The van der Waals surface area contributed by atoms with E-state index >= 15 is 0 Å². The summed E-state index contributed by atoms with van der Waals surface area (Å²) >= 11 is 0. The Bertz CT molecular complexity index is 776. The van der Waals surface area contributed by atoms with E-state index in [2.05, 4.69) is 10.2 Å². The van der Waals surface area contributed by atoms with Crippen molar-refractivity contribution in [1.29, 1.82) is 0 Å². The second-order valence-electron chi connectivity index (χ2n) is 6.07. The van der Waals surface area contributed by atoms with Crippen molar-refractivity contribution in [3.05, 3.63) is 47.3 Å². The summed E-state index contributed by atoms with van der Waals surface area (Å²) in [7, 11) is 0. The van der Waals surface area contributed by atoms with Gasteiger partial charge in [-0.15, -0.1) is 0 Å². The molecule has 0 aliphatic carbocycles. The lowest BCUT2D eigenvalue weighted by molar-refractivity contribution is -0.137. The van der Waals surface area contributed by atoms with Crippen molar-refractivity contribution in [3.63, 3.8) is 0 Å². The molecule has 1 aliphatic rings. The van der Waals surface area contributed by atoms with Crippen LogP contribution in [0.3, 0.4) is 0 Å². The molecular formula is C17H18F3N3O3. The van der Waals surface area contributed by atoms with Gasteiger partial charge in [-0.05, 0) is 37.1 Å². The van der Waals surface area contributed by atoms with Crippen LogP contribution in [0.2, 0.25) is 0 Å². The Labute approximate surface area is 147 Å². The van der Waals surface area contributed by atoms with Gasteiger partial charge in [0.15, 0.2) is 5.69 Å². The Balaban J connectivity index is 1.63. The summed E-state index contributed by atoms with van der Waals surface area (Å²) in [6.45, 7) is 0.416. The van der Waals surface area contributed by atoms with Crippen LogP contribution in [-0.2, 0) is 12.8 Å². The normalized spacial score (nSPS) is 17.5. The number of aromatic nitrogens is 2. The standard InChI is InChI=1S/C17H18F3N3O3/c18-17(19,20)11-3-1-5-14(7-11)26-10-12-8-15(22-21-12)16(25)23-6-2-4-13(23)9-24/h1,3,5,7-8,13,24H,2,4,6,9-10H2,(H,21,22)/t13-/m0/s1. The number of rotatable bonds is 5. The molecule has 1 aromatic heterocycles. The first-order chi connectivity index (χ1) is 12.4. The number of H-pyrrole nitrogens is 1. The molecule has 1 aromatic carbocycles. The lowest BCUT2D eigenvalue weighted by Gasteiger charge is -2.21. The molecule has 0 bridgehead atoms. The zero-order valence-electron chi connectivity index (χ0n) is 13.8. The number of hydrogen-bond acceptors (Lipinski definition) is 4. The monoisotopic (exact) mass is 369 g/mol. The molecule has 2 aromatic rings. The molecule has 0 spiro atoms. The van der Waals surface area contributed by atoms with Crippen molar-refractivity contribution in [3.8, 4) is 5.75 Å². The van der Waals surface area contributed by atoms with Crippen molar-refractivity contribution >= 4 is 5.91 Å².